The van der Waals surface area contributed by atoms with Gasteiger partial charge in [0.1, 0.15) is 4.88 Å². The molecule has 1 heterocycles. The van der Waals surface area contributed by atoms with Crippen molar-refractivity contribution in [2.75, 3.05) is 7.05 Å². The first-order valence-electron chi connectivity index (χ1n) is 5.26. The number of amides is 1. The number of aromatic nitrogens is 1. The Hall–Kier alpha value is -1.43. The van der Waals surface area contributed by atoms with Crippen LogP contribution in [0.1, 0.15) is 33.7 Å². The van der Waals surface area contributed by atoms with E-state index in [1.54, 1.807) is 20.9 Å². The van der Waals surface area contributed by atoms with Gasteiger partial charge < -0.3 is 10.0 Å². The Bertz CT molecular complexity index is 442. The van der Waals surface area contributed by atoms with Crippen molar-refractivity contribution in [3.05, 3.63) is 15.6 Å². The lowest BCUT2D eigenvalue weighted by Crippen LogP contribution is -2.36. The summed E-state index contributed by atoms with van der Waals surface area (Å²) in [5.41, 5.74) is 0.701. The molecule has 1 aromatic rings. The Balaban J connectivity index is 2.83. The Morgan fingerprint density at radius 3 is 2.47 bits per heavy atom. The molecule has 0 spiro atoms. The second kappa shape index (κ2) is 5.27. The standard InChI is InChI=1S/C11H16N2O3S/c1-6(5-9(14)15)13(4)11(16)10-7(2)12-8(3)17-10/h6H,5H2,1-4H3,(H,14,15). The number of carbonyl (C=O) groups is 2. The third kappa shape index (κ3) is 3.26. The van der Waals surface area contributed by atoms with Gasteiger partial charge in [0.2, 0.25) is 0 Å². The van der Waals surface area contributed by atoms with E-state index in [-0.39, 0.29) is 18.4 Å². The molecule has 0 saturated carbocycles. The highest BCUT2D eigenvalue weighted by atomic mass is 32.1. The van der Waals surface area contributed by atoms with Gasteiger partial charge in [-0.3, -0.25) is 9.59 Å². The van der Waals surface area contributed by atoms with Crippen LogP contribution in [0.5, 0.6) is 0 Å². The number of carbonyl (C=O) groups excluding carboxylic acids is 1. The summed E-state index contributed by atoms with van der Waals surface area (Å²) in [5.74, 6) is -1.07. The van der Waals surface area contributed by atoms with Crippen molar-refractivity contribution in [1.82, 2.24) is 9.88 Å². The summed E-state index contributed by atoms with van der Waals surface area (Å²) in [7, 11) is 1.62. The SMILES string of the molecule is Cc1nc(C)c(C(=O)N(C)C(C)CC(=O)O)s1. The second-order valence-electron chi connectivity index (χ2n) is 4.01. The largest absolute Gasteiger partial charge is 0.481 e. The average molecular weight is 256 g/mol. The van der Waals surface area contributed by atoms with Crippen molar-refractivity contribution in [2.24, 2.45) is 0 Å². The van der Waals surface area contributed by atoms with Gasteiger partial charge in [0, 0.05) is 13.1 Å². The molecule has 0 fully saturated rings. The molecule has 0 bridgehead atoms. The molecule has 0 saturated heterocycles. The van der Waals surface area contributed by atoms with E-state index < -0.39 is 5.97 Å². The molecule has 6 heteroatoms. The van der Waals surface area contributed by atoms with Crippen molar-refractivity contribution in [1.29, 1.82) is 0 Å². The van der Waals surface area contributed by atoms with Crippen LogP contribution < -0.4 is 0 Å². The maximum absolute atomic E-state index is 12.1. The molecular weight excluding hydrogens is 240 g/mol. The highest BCUT2D eigenvalue weighted by molar-refractivity contribution is 7.13. The lowest BCUT2D eigenvalue weighted by Gasteiger charge is -2.23. The summed E-state index contributed by atoms with van der Waals surface area (Å²) in [6, 6.07) is -0.332. The van der Waals surface area contributed by atoms with Crippen LogP contribution in [0.4, 0.5) is 0 Å². The number of aliphatic carboxylic acids is 1. The third-order valence-electron chi connectivity index (χ3n) is 2.55. The molecule has 1 N–H and O–H groups in total. The van der Waals surface area contributed by atoms with Crippen molar-refractivity contribution in [3.8, 4) is 0 Å². The zero-order valence-electron chi connectivity index (χ0n) is 10.4. The van der Waals surface area contributed by atoms with Crippen LogP contribution >= 0.6 is 11.3 Å². The van der Waals surface area contributed by atoms with E-state index in [9.17, 15) is 9.59 Å². The van der Waals surface area contributed by atoms with Gasteiger partial charge in [-0.25, -0.2) is 4.98 Å². The molecule has 0 aliphatic heterocycles. The highest BCUT2D eigenvalue weighted by Gasteiger charge is 2.23. The maximum Gasteiger partial charge on any atom is 0.305 e. The summed E-state index contributed by atoms with van der Waals surface area (Å²) in [6.45, 7) is 5.34. The number of carboxylic acids is 1. The average Bonchev–Trinajstić information content (AvgIpc) is 2.54. The molecule has 94 valence electrons. The van der Waals surface area contributed by atoms with E-state index in [0.717, 1.165) is 5.01 Å². The van der Waals surface area contributed by atoms with Gasteiger partial charge >= 0.3 is 5.97 Å². The van der Waals surface area contributed by atoms with E-state index >= 15 is 0 Å². The van der Waals surface area contributed by atoms with Crippen LogP contribution in [0.2, 0.25) is 0 Å². The van der Waals surface area contributed by atoms with Gasteiger partial charge in [0.15, 0.2) is 0 Å². The predicted molar refractivity (Wildman–Crippen MR) is 65.4 cm³/mol. The highest BCUT2D eigenvalue weighted by Crippen LogP contribution is 2.20. The fraction of sp³-hybridized carbons (Fsp3) is 0.545. The summed E-state index contributed by atoms with van der Waals surface area (Å²) in [5, 5.41) is 9.53. The van der Waals surface area contributed by atoms with Crippen molar-refractivity contribution >= 4 is 23.2 Å². The first kappa shape index (κ1) is 13.6. The van der Waals surface area contributed by atoms with Gasteiger partial charge in [-0.1, -0.05) is 0 Å². The minimum absolute atomic E-state index is 0.0565. The van der Waals surface area contributed by atoms with E-state index in [1.807, 2.05) is 6.92 Å². The van der Waals surface area contributed by atoms with Crippen LogP contribution in [-0.2, 0) is 4.79 Å². The van der Waals surface area contributed by atoms with E-state index in [2.05, 4.69) is 4.98 Å². The predicted octanol–water partition coefficient (Wildman–Crippen LogP) is 1.70. The fourth-order valence-electron chi connectivity index (χ4n) is 1.48. The van der Waals surface area contributed by atoms with Gasteiger partial charge in [-0.2, -0.15) is 0 Å². The molecule has 1 unspecified atom stereocenters. The Morgan fingerprint density at radius 2 is 2.06 bits per heavy atom. The summed E-state index contributed by atoms with van der Waals surface area (Å²) < 4.78 is 0. The number of carboxylic acid groups (broad SMARTS) is 1. The molecule has 1 aromatic heterocycles. The fourth-order valence-corrected chi connectivity index (χ4v) is 2.38. The topological polar surface area (TPSA) is 70.5 Å². The van der Waals surface area contributed by atoms with Crippen molar-refractivity contribution in [2.45, 2.75) is 33.2 Å². The molecule has 1 amide bonds. The zero-order valence-corrected chi connectivity index (χ0v) is 11.2. The van der Waals surface area contributed by atoms with Gasteiger partial charge in [-0.05, 0) is 20.8 Å². The third-order valence-corrected chi connectivity index (χ3v) is 3.61. The molecule has 0 aliphatic carbocycles. The number of hydrogen-bond acceptors (Lipinski definition) is 4. The van der Waals surface area contributed by atoms with Gasteiger partial charge in [-0.15, -0.1) is 11.3 Å². The quantitative estimate of drug-likeness (QED) is 0.890. The normalized spacial score (nSPS) is 12.2. The van der Waals surface area contributed by atoms with Crippen LogP contribution in [0.15, 0.2) is 0 Å². The molecule has 1 atom stereocenters. The van der Waals surface area contributed by atoms with Crippen LogP contribution in [0.25, 0.3) is 0 Å². The molecule has 0 radical (unpaired) electrons. The number of hydrogen-bond donors (Lipinski definition) is 1. The minimum atomic E-state index is -0.908. The summed E-state index contributed by atoms with van der Waals surface area (Å²) >= 11 is 1.34. The van der Waals surface area contributed by atoms with E-state index in [4.69, 9.17) is 5.11 Å². The smallest absolute Gasteiger partial charge is 0.305 e. The summed E-state index contributed by atoms with van der Waals surface area (Å²) in [6.07, 6.45) is -0.0565. The molecule has 1 rings (SSSR count). The second-order valence-corrected chi connectivity index (χ2v) is 5.21. The lowest BCUT2D eigenvalue weighted by atomic mass is 10.2. The first-order chi connectivity index (χ1) is 7.82. The lowest BCUT2D eigenvalue weighted by molar-refractivity contribution is -0.137. The van der Waals surface area contributed by atoms with Crippen molar-refractivity contribution < 1.29 is 14.7 Å². The Morgan fingerprint density at radius 1 is 1.47 bits per heavy atom. The molecule has 17 heavy (non-hydrogen) atoms. The zero-order chi connectivity index (χ0) is 13.2. The van der Waals surface area contributed by atoms with E-state index in [1.165, 1.54) is 16.2 Å². The van der Waals surface area contributed by atoms with Crippen LogP contribution in [-0.4, -0.2) is 40.0 Å². The van der Waals surface area contributed by atoms with Gasteiger partial charge in [0.05, 0.1) is 17.1 Å². The number of thiazole rings is 1. The van der Waals surface area contributed by atoms with Crippen LogP contribution in [0, 0.1) is 13.8 Å². The maximum atomic E-state index is 12.1. The molecule has 0 aromatic carbocycles. The molecule has 5 nitrogen and oxygen atoms in total. The minimum Gasteiger partial charge on any atom is -0.481 e. The number of rotatable bonds is 4. The number of aryl methyl sites for hydroxylation is 2. The summed E-state index contributed by atoms with van der Waals surface area (Å²) in [4.78, 5) is 28.9. The van der Waals surface area contributed by atoms with Crippen LogP contribution in [0.3, 0.4) is 0 Å². The van der Waals surface area contributed by atoms with E-state index in [0.29, 0.717) is 10.6 Å². The first-order valence-corrected chi connectivity index (χ1v) is 6.07. The molecular formula is C11H16N2O3S. The Kier molecular flexibility index (Phi) is 4.22. The molecule has 0 aliphatic rings. The Labute approximate surface area is 104 Å². The monoisotopic (exact) mass is 256 g/mol. The number of nitrogens with zero attached hydrogens (tertiary/aromatic N) is 2. The van der Waals surface area contributed by atoms with Gasteiger partial charge in [0.25, 0.3) is 5.91 Å². The van der Waals surface area contributed by atoms with Crippen molar-refractivity contribution in [3.63, 3.8) is 0 Å².